The molecule has 0 unspecified atom stereocenters. The third kappa shape index (κ3) is 3.12. The number of nitrogens with one attached hydrogen (secondary N) is 1. The number of rotatable bonds is 5. The number of aryl methyl sites for hydroxylation is 1. The van der Waals surface area contributed by atoms with E-state index >= 15 is 0 Å². The Labute approximate surface area is 159 Å². The second kappa shape index (κ2) is 7.31. The lowest BCUT2D eigenvalue weighted by Gasteiger charge is -2.32. The van der Waals surface area contributed by atoms with E-state index in [0.717, 1.165) is 35.9 Å². The quantitative estimate of drug-likeness (QED) is 0.741. The van der Waals surface area contributed by atoms with Gasteiger partial charge in [-0.2, -0.15) is 10.1 Å². The molecule has 2 atom stereocenters. The SMILES string of the molecule is CCc1ccc([C@@H]2C[C@@H](c3cccc(OC)c3OC)n3ncnc3N2)cc1. The fraction of sp³-hybridized carbons (Fsp3) is 0.333. The van der Waals surface area contributed by atoms with Crippen LogP contribution in [-0.2, 0) is 6.42 Å². The first-order valence-electron chi connectivity index (χ1n) is 9.21. The second-order valence-corrected chi connectivity index (χ2v) is 6.65. The predicted molar refractivity (Wildman–Crippen MR) is 105 cm³/mol. The topological polar surface area (TPSA) is 61.2 Å². The molecule has 27 heavy (non-hydrogen) atoms. The molecule has 0 amide bonds. The van der Waals surface area contributed by atoms with Crippen LogP contribution in [0.15, 0.2) is 48.8 Å². The minimum Gasteiger partial charge on any atom is -0.493 e. The summed E-state index contributed by atoms with van der Waals surface area (Å²) in [6, 6.07) is 14.9. The first-order valence-corrected chi connectivity index (χ1v) is 9.21. The summed E-state index contributed by atoms with van der Waals surface area (Å²) >= 11 is 0. The molecule has 2 heterocycles. The van der Waals surface area contributed by atoms with Gasteiger partial charge in [-0.15, -0.1) is 0 Å². The predicted octanol–water partition coefficient (Wildman–Crippen LogP) is 4.00. The Morgan fingerprint density at radius 3 is 2.63 bits per heavy atom. The van der Waals surface area contributed by atoms with Crippen molar-refractivity contribution in [3.8, 4) is 11.5 Å². The molecule has 6 heteroatoms. The van der Waals surface area contributed by atoms with Crippen LogP contribution >= 0.6 is 0 Å². The van der Waals surface area contributed by atoms with Gasteiger partial charge < -0.3 is 14.8 Å². The van der Waals surface area contributed by atoms with Gasteiger partial charge in [-0.3, -0.25) is 0 Å². The third-order valence-electron chi connectivity index (χ3n) is 5.21. The van der Waals surface area contributed by atoms with Crippen LogP contribution in [0.5, 0.6) is 11.5 Å². The Bertz CT molecular complexity index is 920. The summed E-state index contributed by atoms with van der Waals surface area (Å²) in [5, 5.41) is 7.96. The number of para-hydroxylation sites is 1. The largest absolute Gasteiger partial charge is 0.493 e. The van der Waals surface area contributed by atoms with Crippen molar-refractivity contribution in [3.63, 3.8) is 0 Å². The molecule has 140 valence electrons. The highest BCUT2D eigenvalue weighted by Gasteiger charge is 2.32. The van der Waals surface area contributed by atoms with Crippen LogP contribution in [0.3, 0.4) is 0 Å². The van der Waals surface area contributed by atoms with Gasteiger partial charge in [-0.1, -0.05) is 43.3 Å². The van der Waals surface area contributed by atoms with Crippen LogP contribution in [0.25, 0.3) is 0 Å². The molecule has 1 N–H and O–H groups in total. The Balaban J connectivity index is 1.75. The molecule has 1 aliphatic rings. The normalized spacial score (nSPS) is 18.5. The molecule has 0 bridgehead atoms. The standard InChI is InChI=1S/C21H24N4O2/c1-4-14-8-10-15(11-9-14)17-12-18(25-21(24-17)22-13-23-25)16-6-5-7-19(26-2)20(16)27-3/h5-11,13,17-18H,4,12H2,1-3H3,(H,22,23,24)/t17-,18-/m0/s1. The van der Waals surface area contributed by atoms with Crippen molar-refractivity contribution in [1.29, 1.82) is 0 Å². The number of methoxy groups -OCH3 is 2. The monoisotopic (exact) mass is 364 g/mol. The van der Waals surface area contributed by atoms with Gasteiger partial charge >= 0.3 is 0 Å². The minimum absolute atomic E-state index is 0.00431. The van der Waals surface area contributed by atoms with Crippen LogP contribution in [0.4, 0.5) is 5.95 Å². The molecule has 0 saturated carbocycles. The molecular formula is C21H24N4O2. The van der Waals surface area contributed by atoms with Gasteiger partial charge in [0, 0.05) is 5.56 Å². The maximum atomic E-state index is 5.68. The van der Waals surface area contributed by atoms with E-state index < -0.39 is 0 Å². The Hall–Kier alpha value is -3.02. The van der Waals surface area contributed by atoms with Gasteiger partial charge in [-0.25, -0.2) is 4.68 Å². The Kier molecular flexibility index (Phi) is 4.71. The lowest BCUT2D eigenvalue weighted by Crippen LogP contribution is -2.28. The number of anilines is 1. The van der Waals surface area contributed by atoms with E-state index in [2.05, 4.69) is 52.7 Å². The molecule has 1 aliphatic heterocycles. The molecule has 4 rings (SSSR count). The molecule has 0 radical (unpaired) electrons. The highest BCUT2D eigenvalue weighted by atomic mass is 16.5. The fourth-order valence-corrected chi connectivity index (χ4v) is 3.76. The summed E-state index contributed by atoms with van der Waals surface area (Å²) in [6.45, 7) is 2.17. The zero-order chi connectivity index (χ0) is 18.8. The molecule has 0 fully saturated rings. The van der Waals surface area contributed by atoms with Gasteiger partial charge in [0.25, 0.3) is 0 Å². The molecule has 0 spiro atoms. The van der Waals surface area contributed by atoms with E-state index in [4.69, 9.17) is 9.47 Å². The van der Waals surface area contributed by atoms with E-state index in [9.17, 15) is 0 Å². The number of hydrogen-bond donors (Lipinski definition) is 1. The van der Waals surface area contributed by atoms with E-state index in [0.29, 0.717) is 0 Å². The van der Waals surface area contributed by atoms with Crippen LogP contribution in [-0.4, -0.2) is 29.0 Å². The van der Waals surface area contributed by atoms with Crippen molar-refractivity contribution in [3.05, 3.63) is 65.5 Å². The van der Waals surface area contributed by atoms with Crippen molar-refractivity contribution in [2.24, 2.45) is 0 Å². The number of hydrogen-bond acceptors (Lipinski definition) is 5. The van der Waals surface area contributed by atoms with Crippen LogP contribution < -0.4 is 14.8 Å². The third-order valence-corrected chi connectivity index (χ3v) is 5.21. The first-order chi connectivity index (χ1) is 13.2. The number of ether oxygens (including phenoxy) is 2. The Morgan fingerprint density at radius 1 is 1.11 bits per heavy atom. The van der Waals surface area contributed by atoms with Crippen molar-refractivity contribution < 1.29 is 9.47 Å². The summed E-state index contributed by atoms with van der Waals surface area (Å²) in [7, 11) is 3.33. The van der Waals surface area contributed by atoms with Gasteiger partial charge in [0.15, 0.2) is 11.5 Å². The van der Waals surface area contributed by atoms with Gasteiger partial charge in [-0.05, 0) is 30.0 Å². The van der Waals surface area contributed by atoms with Crippen molar-refractivity contribution in [2.45, 2.75) is 31.8 Å². The molecule has 0 aliphatic carbocycles. The highest BCUT2D eigenvalue weighted by molar-refractivity contribution is 5.50. The first kappa shape index (κ1) is 17.4. The molecule has 2 aromatic carbocycles. The molecule has 6 nitrogen and oxygen atoms in total. The molecule has 0 saturated heterocycles. The maximum Gasteiger partial charge on any atom is 0.222 e. The van der Waals surface area contributed by atoms with Crippen molar-refractivity contribution >= 4 is 5.95 Å². The van der Waals surface area contributed by atoms with E-state index in [-0.39, 0.29) is 12.1 Å². The number of fused-ring (bicyclic) bond motifs is 1. The molecular weight excluding hydrogens is 340 g/mol. The highest BCUT2D eigenvalue weighted by Crippen LogP contribution is 2.43. The lowest BCUT2D eigenvalue weighted by atomic mass is 9.92. The van der Waals surface area contributed by atoms with Gasteiger partial charge in [0.05, 0.1) is 26.3 Å². The van der Waals surface area contributed by atoms with E-state index in [1.54, 1.807) is 20.5 Å². The minimum atomic E-state index is 0.00431. The van der Waals surface area contributed by atoms with E-state index in [1.807, 2.05) is 16.8 Å². The van der Waals surface area contributed by atoms with Gasteiger partial charge in [0.2, 0.25) is 5.95 Å². The maximum absolute atomic E-state index is 5.68. The zero-order valence-corrected chi connectivity index (χ0v) is 15.8. The van der Waals surface area contributed by atoms with Crippen LogP contribution in [0.2, 0.25) is 0 Å². The summed E-state index contributed by atoms with van der Waals surface area (Å²) in [5.41, 5.74) is 3.62. The molecule has 3 aromatic rings. The fourth-order valence-electron chi connectivity index (χ4n) is 3.76. The second-order valence-electron chi connectivity index (χ2n) is 6.65. The summed E-state index contributed by atoms with van der Waals surface area (Å²) in [6.07, 6.45) is 3.46. The number of aromatic nitrogens is 3. The van der Waals surface area contributed by atoms with Crippen molar-refractivity contribution in [1.82, 2.24) is 14.8 Å². The summed E-state index contributed by atoms with van der Waals surface area (Å²) in [4.78, 5) is 4.41. The van der Waals surface area contributed by atoms with Crippen molar-refractivity contribution in [2.75, 3.05) is 19.5 Å². The average Bonchev–Trinajstić information content (AvgIpc) is 3.21. The number of nitrogens with zero attached hydrogens (tertiary/aromatic N) is 3. The average molecular weight is 364 g/mol. The smallest absolute Gasteiger partial charge is 0.222 e. The zero-order valence-electron chi connectivity index (χ0n) is 15.8. The summed E-state index contributed by atoms with van der Waals surface area (Å²) < 4.78 is 13.1. The summed E-state index contributed by atoms with van der Waals surface area (Å²) in [5.74, 6) is 2.23. The Morgan fingerprint density at radius 2 is 1.93 bits per heavy atom. The number of benzene rings is 2. The van der Waals surface area contributed by atoms with Crippen LogP contribution in [0.1, 0.15) is 42.1 Å². The lowest BCUT2D eigenvalue weighted by molar-refractivity contribution is 0.340. The molecule has 1 aromatic heterocycles. The van der Waals surface area contributed by atoms with Gasteiger partial charge in [0.1, 0.15) is 6.33 Å². The van der Waals surface area contributed by atoms with E-state index in [1.165, 1.54) is 11.1 Å². The van der Waals surface area contributed by atoms with Crippen LogP contribution in [0, 0.1) is 0 Å².